The molecule has 0 aromatic heterocycles. The fourth-order valence-corrected chi connectivity index (χ4v) is 3.82. The number of nitrogens with zero attached hydrogens (tertiary/aromatic N) is 1. The number of aryl methyl sites for hydroxylation is 1. The zero-order valence-corrected chi connectivity index (χ0v) is 18.0. The quantitative estimate of drug-likeness (QED) is 0.583. The lowest BCUT2D eigenvalue weighted by Crippen LogP contribution is -2.27. The molecule has 3 aromatic carbocycles. The third-order valence-corrected chi connectivity index (χ3v) is 5.63. The Balaban J connectivity index is 1.54. The van der Waals surface area contributed by atoms with Gasteiger partial charge in [0, 0.05) is 36.6 Å². The molecule has 32 heavy (non-hydrogen) atoms. The Morgan fingerprint density at radius 1 is 0.906 bits per heavy atom. The molecule has 0 aliphatic carbocycles. The number of nitrogens with one attached hydrogen (secondary N) is 2. The number of rotatable bonds is 6. The van der Waals surface area contributed by atoms with Crippen molar-refractivity contribution in [3.05, 3.63) is 94.8 Å². The van der Waals surface area contributed by atoms with Gasteiger partial charge in [0.05, 0.1) is 5.56 Å². The van der Waals surface area contributed by atoms with Crippen LogP contribution in [0.5, 0.6) is 0 Å². The fraction of sp³-hybridized carbons (Fsp3) is 0.231. The predicted octanol–water partition coefficient (Wildman–Crippen LogP) is 4.92. The van der Waals surface area contributed by atoms with E-state index >= 15 is 0 Å². The maximum Gasteiger partial charge on any atom is 0.255 e. The number of amides is 2. The first kappa shape index (κ1) is 21.6. The minimum absolute atomic E-state index is 0.225. The molecule has 0 spiro atoms. The van der Waals surface area contributed by atoms with Gasteiger partial charge in [-0.1, -0.05) is 29.8 Å². The van der Waals surface area contributed by atoms with Crippen molar-refractivity contribution in [2.45, 2.75) is 26.3 Å². The van der Waals surface area contributed by atoms with Gasteiger partial charge < -0.3 is 15.5 Å². The summed E-state index contributed by atoms with van der Waals surface area (Å²) < 4.78 is 13.1. The van der Waals surface area contributed by atoms with Crippen LogP contribution in [0.4, 0.5) is 15.8 Å². The molecule has 0 bridgehead atoms. The van der Waals surface area contributed by atoms with Gasteiger partial charge >= 0.3 is 0 Å². The molecular weight excluding hydrogens is 405 g/mol. The molecular formula is C26H26FN3O2. The number of halogens is 1. The van der Waals surface area contributed by atoms with Crippen molar-refractivity contribution in [3.8, 4) is 0 Å². The van der Waals surface area contributed by atoms with Crippen LogP contribution in [-0.4, -0.2) is 24.9 Å². The number of hydrogen-bond donors (Lipinski definition) is 2. The highest BCUT2D eigenvalue weighted by Crippen LogP contribution is 2.28. The zero-order chi connectivity index (χ0) is 22.5. The first-order valence-corrected chi connectivity index (χ1v) is 10.8. The molecule has 5 nitrogen and oxygen atoms in total. The van der Waals surface area contributed by atoms with Crippen LogP contribution in [0.15, 0.2) is 66.7 Å². The lowest BCUT2D eigenvalue weighted by atomic mass is 10.1. The molecule has 4 rings (SSSR count). The molecule has 0 radical (unpaired) electrons. The van der Waals surface area contributed by atoms with E-state index in [2.05, 4.69) is 15.5 Å². The lowest BCUT2D eigenvalue weighted by Gasteiger charge is -2.22. The lowest BCUT2D eigenvalue weighted by molar-refractivity contribution is 0.0950. The van der Waals surface area contributed by atoms with Crippen LogP contribution < -0.4 is 15.5 Å². The Morgan fingerprint density at radius 2 is 1.59 bits per heavy atom. The maximum absolute atomic E-state index is 13.1. The van der Waals surface area contributed by atoms with Crippen molar-refractivity contribution >= 4 is 23.2 Å². The summed E-state index contributed by atoms with van der Waals surface area (Å²) >= 11 is 0. The minimum Gasteiger partial charge on any atom is -0.371 e. The van der Waals surface area contributed by atoms with Gasteiger partial charge in [-0.05, 0) is 67.8 Å². The van der Waals surface area contributed by atoms with E-state index in [1.54, 1.807) is 30.3 Å². The van der Waals surface area contributed by atoms with Gasteiger partial charge in [0.15, 0.2) is 0 Å². The monoisotopic (exact) mass is 431 g/mol. The summed E-state index contributed by atoms with van der Waals surface area (Å²) in [4.78, 5) is 27.9. The van der Waals surface area contributed by atoms with Crippen LogP contribution in [0.2, 0.25) is 0 Å². The summed E-state index contributed by atoms with van der Waals surface area (Å²) in [6, 6.07) is 18.8. The Bertz CT molecular complexity index is 1100. The molecule has 0 unspecified atom stereocenters. The van der Waals surface area contributed by atoms with E-state index in [1.165, 1.54) is 12.1 Å². The van der Waals surface area contributed by atoms with Crippen molar-refractivity contribution < 1.29 is 14.0 Å². The van der Waals surface area contributed by atoms with Crippen LogP contribution >= 0.6 is 0 Å². The molecule has 1 saturated heterocycles. The second kappa shape index (κ2) is 9.64. The first-order chi connectivity index (χ1) is 15.5. The van der Waals surface area contributed by atoms with Crippen molar-refractivity contribution in [2.24, 2.45) is 0 Å². The molecule has 0 saturated carbocycles. The van der Waals surface area contributed by atoms with E-state index in [-0.39, 0.29) is 17.6 Å². The molecule has 1 heterocycles. The largest absolute Gasteiger partial charge is 0.371 e. The van der Waals surface area contributed by atoms with E-state index in [0.29, 0.717) is 23.4 Å². The number of anilines is 2. The molecule has 1 fully saturated rings. The van der Waals surface area contributed by atoms with Gasteiger partial charge in [-0.15, -0.1) is 0 Å². The molecule has 2 N–H and O–H groups in total. The van der Waals surface area contributed by atoms with E-state index in [1.807, 2.05) is 31.2 Å². The zero-order valence-electron chi connectivity index (χ0n) is 18.0. The Labute approximate surface area is 187 Å². The Hall–Kier alpha value is -3.67. The molecule has 0 atom stereocenters. The van der Waals surface area contributed by atoms with Crippen LogP contribution in [-0.2, 0) is 6.54 Å². The van der Waals surface area contributed by atoms with Gasteiger partial charge in [0.2, 0.25) is 0 Å². The van der Waals surface area contributed by atoms with Gasteiger partial charge in [0.1, 0.15) is 5.82 Å². The summed E-state index contributed by atoms with van der Waals surface area (Å²) in [5, 5.41) is 5.81. The van der Waals surface area contributed by atoms with Gasteiger partial charge in [-0.25, -0.2) is 4.39 Å². The predicted molar refractivity (Wildman–Crippen MR) is 125 cm³/mol. The highest BCUT2D eigenvalue weighted by molar-refractivity contribution is 6.06. The summed E-state index contributed by atoms with van der Waals surface area (Å²) in [7, 11) is 0. The average molecular weight is 432 g/mol. The van der Waals surface area contributed by atoms with Crippen molar-refractivity contribution in [2.75, 3.05) is 23.3 Å². The van der Waals surface area contributed by atoms with Crippen LogP contribution in [0, 0.1) is 12.7 Å². The SMILES string of the molecule is Cc1ccc(C(=O)Nc2ccc(N3CCCC3)c(C(=O)NCc3ccc(F)cc3)c2)cc1. The standard InChI is InChI=1S/C26H26FN3O2/c1-18-4-8-20(9-5-18)25(31)29-22-12-13-24(30-14-2-3-15-30)23(16-22)26(32)28-17-19-6-10-21(27)11-7-19/h4-13,16H,2-3,14-15,17H2,1H3,(H,28,32)(H,29,31). The third kappa shape index (κ3) is 5.14. The molecule has 1 aliphatic rings. The average Bonchev–Trinajstić information content (AvgIpc) is 3.33. The highest BCUT2D eigenvalue weighted by Gasteiger charge is 2.20. The van der Waals surface area contributed by atoms with E-state index in [9.17, 15) is 14.0 Å². The molecule has 164 valence electrons. The summed E-state index contributed by atoms with van der Waals surface area (Å²) in [5.41, 5.74) is 4.37. The maximum atomic E-state index is 13.1. The smallest absolute Gasteiger partial charge is 0.255 e. The van der Waals surface area contributed by atoms with Crippen LogP contribution in [0.3, 0.4) is 0 Å². The van der Waals surface area contributed by atoms with Crippen molar-refractivity contribution in [3.63, 3.8) is 0 Å². The van der Waals surface area contributed by atoms with Gasteiger partial charge in [-0.2, -0.15) is 0 Å². The van der Waals surface area contributed by atoms with Crippen LogP contribution in [0.25, 0.3) is 0 Å². The second-order valence-corrected chi connectivity index (χ2v) is 8.06. The Kier molecular flexibility index (Phi) is 6.50. The number of hydrogen-bond acceptors (Lipinski definition) is 3. The molecule has 3 aromatic rings. The topological polar surface area (TPSA) is 61.4 Å². The van der Waals surface area contributed by atoms with E-state index in [0.717, 1.165) is 42.7 Å². The normalized spacial score (nSPS) is 13.1. The summed E-state index contributed by atoms with van der Waals surface area (Å²) in [6.07, 6.45) is 2.17. The third-order valence-electron chi connectivity index (χ3n) is 5.63. The number of benzene rings is 3. The van der Waals surface area contributed by atoms with Gasteiger partial charge in [-0.3, -0.25) is 9.59 Å². The molecule has 2 amide bonds. The van der Waals surface area contributed by atoms with Crippen molar-refractivity contribution in [1.29, 1.82) is 0 Å². The van der Waals surface area contributed by atoms with Crippen LogP contribution in [0.1, 0.15) is 44.7 Å². The minimum atomic E-state index is -0.312. The number of carbonyl (C=O) groups excluding carboxylic acids is 2. The summed E-state index contributed by atoms with van der Waals surface area (Å²) in [6.45, 7) is 4.05. The fourth-order valence-electron chi connectivity index (χ4n) is 3.82. The highest BCUT2D eigenvalue weighted by atomic mass is 19.1. The second-order valence-electron chi connectivity index (χ2n) is 8.06. The molecule has 1 aliphatic heterocycles. The first-order valence-electron chi connectivity index (χ1n) is 10.8. The number of carbonyl (C=O) groups is 2. The van der Waals surface area contributed by atoms with E-state index in [4.69, 9.17) is 0 Å². The van der Waals surface area contributed by atoms with E-state index < -0.39 is 0 Å². The molecule has 6 heteroatoms. The summed E-state index contributed by atoms with van der Waals surface area (Å²) in [5.74, 6) is -0.771. The Morgan fingerprint density at radius 3 is 2.28 bits per heavy atom. The van der Waals surface area contributed by atoms with Crippen molar-refractivity contribution in [1.82, 2.24) is 5.32 Å². The van der Waals surface area contributed by atoms with Gasteiger partial charge in [0.25, 0.3) is 11.8 Å².